The second-order valence-electron chi connectivity index (χ2n) is 2.16. The number of nitrogens with one attached hydrogen (secondary N) is 1. The molecule has 0 aromatic carbocycles. The van der Waals surface area contributed by atoms with Crippen molar-refractivity contribution in [3.8, 4) is 0 Å². The maximum absolute atomic E-state index is 6.58. The Labute approximate surface area is 54.8 Å². The largest absolute Gasteiger partial charge is 0.241 e. The van der Waals surface area contributed by atoms with Gasteiger partial charge in [0.05, 0.1) is 6.01 Å². The van der Waals surface area contributed by atoms with Crippen LogP contribution in [0.5, 0.6) is 0 Å². The van der Waals surface area contributed by atoms with E-state index >= 15 is 0 Å². The van der Waals surface area contributed by atoms with Gasteiger partial charge in [-0.25, -0.2) is 5.41 Å². The quantitative estimate of drug-likeness (QED) is 0.517. The Morgan fingerprint density at radius 1 is 1.56 bits per heavy atom. The van der Waals surface area contributed by atoms with Crippen molar-refractivity contribution in [1.29, 1.82) is 5.41 Å². The molecule has 2 heteroatoms. The summed E-state index contributed by atoms with van der Waals surface area (Å²) >= 11 is 0. The maximum atomic E-state index is 6.58. The molecular formula is C7H10N2. The third-order valence-electron chi connectivity index (χ3n) is 1.47. The molecule has 0 unspecified atom stereocenters. The Kier molecular flexibility index (Phi) is 2.22. The van der Waals surface area contributed by atoms with Gasteiger partial charge in [-0.15, -0.1) is 0 Å². The van der Waals surface area contributed by atoms with Crippen LogP contribution >= 0.6 is 0 Å². The summed E-state index contributed by atoms with van der Waals surface area (Å²) in [7, 11) is 0. The zero-order valence-corrected chi connectivity index (χ0v) is 5.35. The Balaban J connectivity index is 2.56. The van der Waals surface area contributed by atoms with E-state index in [4.69, 9.17) is 5.41 Å². The molecular weight excluding hydrogens is 112 g/mol. The third kappa shape index (κ3) is 1.82. The van der Waals surface area contributed by atoms with Crippen LogP contribution in [0, 0.1) is 5.41 Å². The lowest BCUT2D eigenvalue weighted by Gasteiger charge is -2.04. The molecule has 0 radical (unpaired) electrons. The maximum Gasteiger partial charge on any atom is 0.0914 e. The third-order valence-corrected chi connectivity index (χ3v) is 1.47. The topological polar surface area (TPSA) is 36.2 Å². The number of aliphatic imine (C=N–C) groups is 1. The first-order valence-electron chi connectivity index (χ1n) is 3.25. The average molecular weight is 122 g/mol. The molecule has 1 aliphatic rings. The van der Waals surface area contributed by atoms with Crippen LogP contribution < -0.4 is 0 Å². The summed E-state index contributed by atoms with van der Waals surface area (Å²) in [5, 5.41) is 6.58. The minimum Gasteiger partial charge on any atom is -0.241 e. The molecule has 0 aromatic rings. The van der Waals surface area contributed by atoms with Gasteiger partial charge in [0.2, 0.25) is 0 Å². The number of nitrogens with zero attached hydrogens (tertiary/aromatic N) is 1. The smallest absolute Gasteiger partial charge is 0.0914 e. The Hall–Kier alpha value is -0.880. The lowest BCUT2D eigenvalue weighted by molar-refractivity contribution is 0.697. The molecule has 0 spiro atoms. The molecule has 2 nitrogen and oxygen atoms in total. The lowest BCUT2D eigenvalue weighted by Crippen LogP contribution is -1.87. The first-order chi connectivity index (χ1) is 4.43. The van der Waals surface area contributed by atoms with E-state index in [1.54, 1.807) is 0 Å². The Morgan fingerprint density at radius 3 is 3.00 bits per heavy atom. The fraction of sp³-hybridized carbons (Fsp3) is 0.571. The molecule has 0 fully saturated rings. The van der Waals surface area contributed by atoms with Crippen LogP contribution in [0.3, 0.4) is 0 Å². The van der Waals surface area contributed by atoms with Gasteiger partial charge in [0, 0.05) is 5.70 Å². The molecule has 48 valence electrons. The average Bonchev–Trinajstić information content (AvgIpc) is 1.91. The van der Waals surface area contributed by atoms with Crippen molar-refractivity contribution in [3.05, 3.63) is 11.8 Å². The first-order valence-corrected chi connectivity index (χ1v) is 3.25. The summed E-state index contributed by atoms with van der Waals surface area (Å²) in [6, 6.07) is 2.04. The predicted octanol–water partition coefficient (Wildman–Crippen LogP) is 2.20. The minimum atomic E-state index is 1.03. The molecule has 0 aliphatic heterocycles. The van der Waals surface area contributed by atoms with E-state index in [9.17, 15) is 0 Å². The van der Waals surface area contributed by atoms with Gasteiger partial charge < -0.3 is 0 Å². The molecule has 0 heterocycles. The molecule has 1 aliphatic carbocycles. The summed E-state index contributed by atoms with van der Waals surface area (Å²) in [6.07, 6.45) is 6.74. The SMILES string of the molecule is N=C=NC1=CCCCC1. The molecule has 0 atom stereocenters. The van der Waals surface area contributed by atoms with Crippen molar-refractivity contribution in [2.45, 2.75) is 25.7 Å². The fourth-order valence-corrected chi connectivity index (χ4v) is 0.995. The van der Waals surface area contributed by atoms with Crippen molar-refractivity contribution < 1.29 is 0 Å². The van der Waals surface area contributed by atoms with Gasteiger partial charge >= 0.3 is 0 Å². The van der Waals surface area contributed by atoms with Crippen molar-refractivity contribution in [2.75, 3.05) is 0 Å². The summed E-state index contributed by atoms with van der Waals surface area (Å²) in [5.74, 6) is 0. The molecule has 1 rings (SSSR count). The Morgan fingerprint density at radius 2 is 2.44 bits per heavy atom. The van der Waals surface area contributed by atoms with Crippen LogP contribution in [0.4, 0.5) is 0 Å². The van der Waals surface area contributed by atoms with E-state index in [0.717, 1.165) is 18.5 Å². The standard InChI is InChI=1S/C7H10N2/c8-6-9-7-4-2-1-3-5-7/h4,8H,1-3,5H2. The highest BCUT2D eigenvalue weighted by atomic mass is 14.7. The van der Waals surface area contributed by atoms with Crippen molar-refractivity contribution in [3.63, 3.8) is 0 Å². The van der Waals surface area contributed by atoms with Gasteiger partial charge in [0.25, 0.3) is 0 Å². The van der Waals surface area contributed by atoms with Gasteiger partial charge in [0.1, 0.15) is 0 Å². The molecule has 1 N–H and O–H groups in total. The summed E-state index contributed by atoms with van der Waals surface area (Å²) in [5.41, 5.74) is 1.04. The highest BCUT2D eigenvalue weighted by molar-refractivity contribution is 5.39. The van der Waals surface area contributed by atoms with Crippen molar-refractivity contribution in [2.24, 2.45) is 4.99 Å². The number of hydrogen-bond donors (Lipinski definition) is 1. The van der Waals surface area contributed by atoms with Gasteiger partial charge in [-0.3, -0.25) is 0 Å². The van der Waals surface area contributed by atoms with Crippen molar-refractivity contribution in [1.82, 2.24) is 0 Å². The van der Waals surface area contributed by atoms with Crippen molar-refractivity contribution >= 4 is 6.01 Å². The summed E-state index contributed by atoms with van der Waals surface area (Å²) in [4.78, 5) is 3.76. The predicted molar refractivity (Wildman–Crippen MR) is 36.7 cm³/mol. The van der Waals surface area contributed by atoms with E-state index in [0.29, 0.717) is 0 Å². The van der Waals surface area contributed by atoms with Crippen LogP contribution in [0.2, 0.25) is 0 Å². The molecule has 0 amide bonds. The molecule has 0 aromatic heterocycles. The van der Waals surface area contributed by atoms with E-state index in [1.165, 1.54) is 12.8 Å². The van der Waals surface area contributed by atoms with Gasteiger partial charge in [-0.2, -0.15) is 4.99 Å². The number of hydrogen-bond acceptors (Lipinski definition) is 2. The van der Waals surface area contributed by atoms with Gasteiger partial charge in [-0.1, -0.05) is 6.08 Å². The summed E-state index contributed by atoms with van der Waals surface area (Å²) < 4.78 is 0. The molecule has 0 saturated carbocycles. The van der Waals surface area contributed by atoms with Crippen LogP contribution in [-0.2, 0) is 0 Å². The van der Waals surface area contributed by atoms with E-state index in [2.05, 4.69) is 11.1 Å². The normalized spacial score (nSPS) is 18.0. The van der Waals surface area contributed by atoms with Crippen LogP contribution in [0.1, 0.15) is 25.7 Å². The van der Waals surface area contributed by atoms with Gasteiger partial charge in [-0.05, 0) is 25.7 Å². The van der Waals surface area contributed by atoms with Gasteiger partial charge in [0.15, 0.2) is 0 Å². The number of allylic oxidation sites excluding steroid dienone is 2. The van der Waals surface area contributed by atoms with Crippen LogP contribution in [-0.4, -0.2) is 6.01 Å². The van der Waals surface area contributed by atoms with E-state index < -0.39 is 0 Å². The minimum absolute atomic E-state index is 1.03. The zero-order valence-electron chi connectivity index (χ0n) is 5.35. The zero-order chi connectivity index (χ0) is 6.53. The molecule has 9 heavy (non-hydrogen) atoms. The highest BCUT2D eigenvalue weighted by Crippen LogP contribution is 2.16. The number of rotatable bonds is 1. The second-order valence-corrected chi connectivity index (χ2v) is 2.16. The second kappa shape index (κ2) is 3.21. The van der Waals surface area contributed by atoms with E-state index in [1.807, 2.05) is 6.01 Å². The fourth-order valence-electron chi connectivity index (χ4n) is 0.995. The highest BCUT2D eigenvalue weighted by Gasteiger charge is 1.99. The summed E-state index contributed by atoms with van der Waals surface area (Å²) in [6.45, 7) is 0. The Bertz CT molecular complexity index is 164. The first kappa shape index (κ1) is 6.24. The molecule has 0 saturated heterocycles. The van der Waals surface area contributed by atoms with E-state index in [-0.39, 0.29) is 0 Å². The van der Waals surface area contributed by atoms with Crippen LogP contribution in [0.25, 0.3) is 0 Å². The lowest BCUT2D eigenvalue weighted by atomic mass is 10.1. The monoisotopic (exact) mass is 122 g/mol. The molecule has 0 bridgehead atoms. The van der Waals surface area contributed by atoms with Crippen LogP contribution in [0.15, 0.2) is 16.8 Å².